The van der Waals surface area contributed by atoms with Crippen LogP contribution in [0, 0.1) is 6.92 Å². The summed E-state index contributed by atoms with van der Waals surface area (Å²) in [6.07, 6.45) is 6.38. The number of aryl methyl sites for hydroxylation is 1. The summed E-state index contributed by atoms with van der Waals surface area (Å²) in [7, 11) is -3.52. The van der Waals surface area contributed by atoms with Gasteiger partial charge in [0.1, 0.15) is 4.90 Å². The van der Waals surface area contributed by atoms with Gasteiger partial charge in [0.2, 0.25) is 10.0 Å². The highest BCUT2D eigenvalue weighted by atomic mass is 32.2. The number of benzene rings is 1. The van der Waals surface area contributed by atoms with Gasteiger partial charge in [-0.15, -0.1) is 0 Å². The van der Waals surface area contributed by atoms with Crippen LogP contribution in [0.15, 0.2) is 34.7 Å². The standard InChI is InChI=1S/C14H20N2O2S/c1-11-5-4-8-13(15)14(11)19(17,18)16-10-9-12-6-2-3-7-12/h4-6,8,16H,2-3,7,9-10,15H2,1H3. The van der Waals surface area contributed by atoms with Crippen LogP contribution in [0.1, 0.15) is 31.2 Å². The minimum absolute atomic E-state index is 0.204. The van der Waals surface area contributed by atoms with E-state index in [1.807, 2.05) is 0 Å². The fourth-order valence-corrected chi connectivity index (χ4v) is 3.81. The third-order valence-electron chi connectivity index (χ3n) is 3.38. The molecule has 1 aromatic rings. The van der Waals surface area contributed by atoms with Crippen molar-refractivity contribution in [3.05, 3.63) is 35.4 Å². The molecular formula is C14H20N2O2S. The zero-order valence-electron chi connectivity index (χ0n) is 11.1. The molecule has 1 aliphatic carbocycles. The zero-order valence-corrected chi connectivity index (χ0v) is 12.0. The van der Waals surface area contributed by atoms with Crippen molar-refractivity contribution >= 4 is 15.7 Å². The van der Waals surface area contributed by atoms with Crippen molar-refractivity contribution in [1.29, 1.82) is 0 Å². The van der Waals surface area contributed by atoms with Crippen LogP contribution in [0.5, 0.6) is 0 Å². The predicted octanol–water partition coefficient (Wildman–Crippen LogP) is 2.36. The Bertz CT molecular complexity index is 571. The van der Waals surface area contributed by atoms with Crippen LogP contribution in [-0.2, 0) is 10.0 Å². The molecule has 0 saturated carbocycles. The lowest BCUT2D eigenvalue weighted by atomic mass is 10.2. The van der Waals surface area contributed by atoms with Crippen molar-refractivity contribution in [1.82, 2.24) is 4.72 Å². The van der Waals surface area contributed by atoms with Crippen molar-refractivity contribution < 1.29 is 8.42 Å². The average molecular weight is 280 g/mol. The summed E-state index contributed by atoms with van der Waals surface area (Å²) in [6, 6.07) is 5.12. The Kier molecular flexibility index (Phi) is 4.27. The molecule has 0 spiro atoms. The Balaban J connectivity index is 2.05. The van der Waals surface area contributed by atoms with Gasteiger partial charge in [0.05, 0.1) is 5.69 Å². The second kappa shape index (κ2) is 5.75. The van der Waals surface area contributed by atoms with E-state index in [1.54, 1.807) is 25.1 Å². The highest BCUT2D eigenvalue weighted by Gasteiger charge is 2.19. The highest BCUT2D eigenvalue weighted by Crippen LogP contribution is 2.23. The Morgan fingerprint density at radius 2 is 2.16 bits per heavy atom. The van der Waals surface area contributed by atoms with Crippen LogP contribution >= 0.6 is 0 Å². The first-order valence-electron chi connectivity index (χ1n) is 6.53. The summed E-state index contributed by atoms with van der Waals surface area (Å²) >= 11 is 0. The van der Waals surface area contributed by atoms with Gasteiger partial charge in [-0.2, -0.15) is 0 Å². The molecule has 0 atom stereocenters. The predicted molar refractivity (Wildman–Crippen MR) is 77.3 cm³/mol. The third-order valence-corrected chi connectivity index (χ3v) is 5.06. The molecule has 5 heteroatoms. The first kappa shape index (κ1) is 14.1. The van der Waals surface area contributed by atoms with Gasteiger partial charge in [-0.1, -0.05) is 23.8 Å². The number of allylic oxidation sites excluding steroid dienone is 1. The molecule has 104 valence electrons. The zero-order chi connectivity index (χ0) is 13.9. The molecule has 0 fully saturated rings. The summed E-state index contributed by atoms with van der Waals surface area (Å²) in [6.45, 7) is 2.19. The second-order valence-corrected chi connectivity index (χ2v) is 6.60. The maximum atomic E-state index is 12.2. The normalized spacial score (nSPS) is 15.5. The van der Waals surface area contributed by atoms with E-state index in [2.05, 4.69) is 10.8 Å². The molecule has 1 aliphatic rings. The number of hydrogen-bond donors (Lipinski definition) is 2. The number of anilines is 1. The quantitative estimate of drug-likeness (QED) is 0.642. The van der Waals surface area contributed by atoms with Crippen molar-refractivity contribution in [3.8, 4) is 0 Å². The summed E-state index contributed by atoms with van der Waals surface area (Å²) in [5.41, 5.74) is 8.09. The molecule has 0 heterocycles. The van der Waals surface area contributed by atoms with Crippen LogP contribution in [0.4, 0.5) is 5.69 Å². The van der Waals surface area contributed by atoms with Crippen LogP contribution < -0.4 is 10.5 Å². The number of nitrogens with one attached hydrogen (secondary N) is 1. The molecule has 4 nitrogen and oxygen atoms in total. The summed E-state index contributed by atoms with van der Waals surface area (Å²) in [5.74, 6) is 0. The molecule has 1 aromatic carbocycles. The molecule has 0 saturated heterocycles. The van der Waals surface area contributed by atoms with Crippen molar-refractivity contribution in [2.45, 2.75) is 37.5 Å². The lowest BCUT2D eigenvalue weighted by Gasteiger charge is -2.11. The summed E-state index contributed by atoms with van der Waals surface area (Å²) in [5, 5.41) is 0. The van der Waals surface area contributed by atoms with Crippen molar-refractivity contribution in [2.75, 3.05) is 12.3 Å². The lowest BCUT2D eigenvalue weighted by molar-refractivity contribution is 0.581. The number of nitrogens with two attached hydrogens (primary N) is 1. The van der Waals surface area contributed by atoms with Gasteiger partial charge >= 0.3 is 0 Å². The number of sulfonamides is 1. The Labute approximate surface area is 114 Å². The largest absolute Gasteiger partial charge is 0.398 e. The van der Waals surface area contributed by atoms with Gasteiger partial charge in [-0.3, -0.25) is 0 Å². The molecule has 19 heavy (non-hydrogen) atoms. The van der Waals surface area contributed by atoms with Crippen LogP contribution in [0.3, 0.4) is 0 Å². The van der Waals surface area contributed by atoms with Crippen LogP contribution in [0.25, 0.3) is 0 Å². The van der Waals surface area contributed by atoms with Crippen LogP contribution in [-0.4, -0.2) is 15.0 Å². The smallest absolute Gasteiger partial charge is 0.242 e. The molecular weight excluding hydrogens is 260 g/mol. The van der Waals surface area contributed by atoms with Gasteiger partial charge in [-0.05, 0) is 44.2 Å². The lowest BCUT2D eigenvalue weighted by Crippen LogP contribution is -2.26. The summed E-state index contributed by atoms with van der Waals surface area (Å²) in [4.78, 5) is 0.204. The highest BCUT2D eigenvalue weighted by molar-refractivity contribution is 7.89. The van der Waals surface area contributed by atoms with E-state index in [1.165, 1.54) is 12.0 Å². The fraction of sp³-hybridized carbons (Fsp3) is 0.429. The second-order valence-electron chi connectivity index (χ2n) is 4.90. The topological polar surface area (TPSA) is 72.2 Å². The van der Waals surface area contributed by atoms with E-state index in [-0.39, 0.29) is 4.90 Å². The Hall–Kier alpha value is -1.33. The number of hydrogen-bond acceptors (Lipinski definition) is 3. The Morgan fingerprint density at radius 3 is 2.79 bits per heavy atom. The molecule has 0 unspecified atom stereocenters. The molecule has 3 N–H and O–H groups in total. The molecule has 0 radical (unpaired) electrons. The van der Waals surface area contributed by atoms with E-state index in [4.69, 9.17) is 5.73 Å². The average Bonchev–Trinajstić information content (AvgIpc) is 2.81. The van der Waals surface area contributed by atoms with Gasteiger partial charge in [0, 0.05) is 6.54 Å². The van der Waals surface area contributed by atoms with Gasteiger partial charge in [0.25, 0.3) is 0 Å². The van der Waals surface area contributed by atoms with Crippen molar-refractivity contribution in [2.24, 2.45) is 0 Å². The SMILES string of the molecule is Cc1cccc(N)c1S(=O)(=O)NCCC1=CCCC1. The molecule has 2 rings (SSSR count). The molecule has 0 bridgehead atoms. The monoisotopic (exact) mass is 280 g/mol. The summed E-state index contributed by atoms with van der Waals surface area (Å²) < 4.78 is 27.1. The van der Waals surface area contributed by atoms with E-state index in [0.717, 1.165) is 19.3 Å². The first-order chi connectivity index (χ1) is 9.00. The minimum Gasteiger partial charge on any atom is -0.398 e. The van der Waals surface area contributed by atoms with E-state index >= 15 is 0 Å². The molecule has 0 amide bonds. The first-order valence-corrected chi connectivity index (χ1v) is 8.02. The minimum atomic E-state index is -3.52. The third kappa shape index (κ3) is 3.36. The molecule has 0 aromatic heterocycles. The fourth-order valence-electron chi connectivity index (χ4n) is 2.42. The number of nitrogen functional groups attached to an aromatic ring is 1. The van der Waals surface area contributed by atoms with Crippen molar-refractivity contribution in [3.63, 3.8) is 0 Å². The van der Waals surface area contributed by atoms with Gasteiger partial charge < -0.3 is 5.73 Å². The van der Waals surface area contributed by atoms with E-state index in [0.29, 0.717) is 17.8 Å². The van der Waals surface area contributed by atoms with Gasteiger partial charge in [-0.25, -0.2) is 13.1 Å². The van der Waals surface area contributed by atoms with Gasteiger partial charge in [0.15, 0.2) is 0 Å². The maximum Gasteiger partial charge on any atom is 0.242 e. The Morgan fingerprint density at radius 1 is 1.37 bits per heavy atom. The van der Waals surface area contributed by atoms with E-state index in [9.17, 15) is 8.42 Å². The molecule has 0 aliphatic heterocycles. The van der Waals surface area contributed by atoms with E-state index < -0.39 is 10.0 Å². The number of rotatable bonds is 5. The van der Waals surface area contributed by atoms with Crippen LogP contribution in [0.2, 0.25) is 0 Å². The maximum absolute atomic E-state index is 12.2.